The number of hydrogen-bond acceptors (Lipinski definition) is 6. The van der Waals surface area contributed by atoms with Gasteiger partial charge in [0.25, 0.3) is 11.8 Å². The number of ether oxygens (including phenoxy) is 2. The minimum absolute atomic E-state index is 0.0759. The minimum atomic E-state index is -0.992. The number of imide groups is 1. The molecular weight excluding hydrogens is 266 g/mol. The molecule has 0 N–H and O–H groups in total. The summed E-state index contributed by atoms with van der Waals surface area (Å²) in [7, 11) is 0. The Labute approximate surface area is 116 Å². The lowest BCUT2D eigenvalue weighted by molar-refractivity contribution is -0.178. The zero-order valence-corrected chi connectivity index (χ0v) is 11.1. The average molecular weight is 283 g/mol. The molecule has 7 nitrogen and oxygen atoms in total. The van der Waals surface area contributed by atoms with Crippen LogP contribution in [0.4, 0.5) is 4.79 Å². The molecule has 0 radical (unpaired) electrons. The monoisotopic (exact) mass is 283 g/mol. The van der Waals surface area contributed by atoms with Gasteiger partial charge in [-0.3, -0.25) is 14.4 Å². The summed E-state index contributed by atoms with van der Waals surface area (Å²) in [6, 6.07) is 0. The summed E-state index contributed by atoms with van der Waals surface area (Å²) in [6.07, 6.45) is 3.16. The lowest BCUT2D eigenvalue weighted by Crippen LogP contribution is -2.33. The van der Waals surface area contributed by atoms with Crippen LogP contribution in [-0.2, 0) is 23.9 Å². The second-order valence-corrected chi connectivity index (χ2v) is 5.54. The predicted molar refractivity (Wildman–Crippen MR) is 64.2 cm³/mol. The van der Waals surface area contributed by atoms with Crippen LogP contribution in [0.5, 0.6) is 0 Å². The molecule has 0 aromatic carbocycles. The molecule has 2 aliphatic heterocycles. The molecule has 20 heavy (non-hydrogen) atoms. The van der Waals surface area contributed by atoms with Gasteiger partial charge in [0.05, 0.1) is 5.60 Å². The first-order chi connectivity index (χ1) is 9.58. The van der Waals surface area contributed by atoms with Crippen LogP contribution in [0.3, 0.4) is 0 Å². The Morgan fingerprint density at radius 2 is 2.00 bits per heavy atom. The van der Waals surface area contributed by atoms with Crippen molar-refractivity contribution in [3.63, 3.8) is 0 Å². The van der Waals surface area contributed by atoms with Crippen molar-refractivity contribution in [3.05, 3.63) is 0 Å². The molecule has 3 aliphatic rings. The summed E-state index contributed by atoms with van der Waals surface area (Å²) in [5.74, 6) is -1.01. The summed E-state index contributed by atoms with van der Waals surface area (Å²) in [5, 5.41) is 0.499. The van der Waals surface area contributed by atoms with Crippen LogP contribution in [0.15, 0.2) is 0 Å². The molecule has 7 heteroatoms. The lowest BCUT2D eigenvalue weighted by Gasteiger charge is -2.22. The fourth-order valence-corrected chi connectivity index (χ4v) is 3.15. The van der Waals surface area contributed by atoms with Gasteiger partial charge in [-0.05, 0) is 25.7 Å². The van der Waals surface area contributed by atoms with E-state index < -0.39 is 18.0 Å². The highest BCUT2D eigenvalue weighted by atomic mass is 16.8. The molecule has 1 spiro atoms. The van der Waals surface area contributed by atoms with Crippen molar-refractivity contribution in [1.29, 1.82) is 0 Å². The molecule has 2 saturated heterocycles. The molecule has 1 unspecified atom stereocenters. The van der Waals surface area contributed by atoms with Crippen LogP contribution in [0.25, 0.3) is 0 Å². The Balaban J connectivity index is 1.50. The van der Waals surface area contributed by atoms with Crippen LogP contribution >= 0.6 is 0 Å². The van der Waals surface area contributed by atoms with E-state index in [4.69, 9.17) is 9.47 Å². The van der Waals surface area contributed by atoms with Gasteiger partial charge in [-0.15, -0.1) is 0 Å². The van der Waals surface area contributed by atoms with E-state index in [0.29, 0.717) is 11.5 Å². The van der Waals surface area contributed by atoms with Crippen molar-refractivity contribution in [2.45, 2.75) is 56.7 Å². The van der Waals surface area contributed by atoms with E-state index >= 15 is 0 Å². The maximum atomic E-state index is 11.6. The number of hydroxylamine groups is 2. The number of rotatable bonds is 2. The van der Waals surface area contributed by atoms with Crippen molar-refractivity contribution in [1.82, 2.24) is 5.06 Å². The van der Waals surface area contributed by atoms with E-state index in [1.807, 2.05) is 0 Å². The maximum absolute atomic E-state index is 11.6. The Morgan fingerprint density at radius 1 is 1.25 bits per heavy atom. The molecule has 2 amide bonds. The molecule has 2 atom stereocenters. The number of carbonyl (C=O) groups excluding carboxylic acids is 3. The smallest absolute Gasteiger partial charge is 0.429 e. The van der Waals surface area contributed by atoms with Gasteiger partial charge in [0.1, 0.15) is 6.10 Å². The molecule has 110 valence electrons. The summed E-state index contributed by atoms with van der Waals surface area (Å²) in [5.41, 5.74) is -0.149. The van der Waals surface area contributed by atoms with Crippen molar-refractivity contribution in [3.8, 4) is 0 Å². The molecule has 1 aliphatic carbocycles. The van der Waals surface area contributed by atoms with E-state index in [-0.39, 0.29) is 24.5 Å². The van der Waals surface area contributed by atoms with E-state index in [1.165, 1.54) is 0 Å². The highest BCUT2D eigenvalue weighted by Gasteiger charge is 2.44. The molecule has 1 saturated carbocycles. The van der Waals surface area contributed by atoms with Gasteiger partial charge >= 0.3 is 6.16 Å². The highest BCUT2D eigenvalue weighted by molar-refractivity contribution is 6.01. The summed E-state index contributed by atoms with van der Waals surface area (Å²) < 4.78 is 10.9. The third kappa shape index (κ3) is 2.49. The van der Waals surface area contributed by atoms with Gasteiger partial charge in [-0.1, -0.05) is 5.06 Å². The highest BCUT2D eigenvalue weighted by Crippen LogP contribution is 2.42. The van der Waals surface area contributed by atoms with Gasteiger partial charge in [0.15, 0.2) is 0 Å². The van der Waals surface area contributed by atoms with E-state index in [9.17, 15) is 14.4 Å². The Morgan fingerprint density at radius 3 is 2.65 bits per heavy atom. The molecule has 0 aromatic heterocycles. The molecule has 3 rings (SSSR count). The lowest BCUT2D eigenvalue weighted by atomic mass is 9.99. The maximum Gasteiger partial charge on any atom is 0.534 e. The fraction of sp³-hybridized carbons (Fsp3) is 0.769. The van der Waals surface area contributed by atoms with Crippen LogP contribution in [0, 0.1) is 0 Å². The van der Waals surface area contributed by atoms with Crippen LogP contribution in [0.1, 0.15) is 44.9 Å². The summed E-state index contributed by atoms with van der Waals surface area (Å²) in [4.78, 5) is 38.9. The van der Waals surface area contributed by atoms with Gasteiger partial charge in [0.2, 0.25) is 0 Å². The largest absolute Gasteiger partial charge is 0.534 e. The number of nitrogens with zero attached hydrogens (tertiary/aromatic N) is 1. The zero-order chi connectivity index (χ0) is 14.2. The topological polar surface area (TPSA) is 82.1 Å². The van der Waals surface area contributed by atoms with Crippen molar-refractivity contribution < 1.29 is 28.7 Å². The first-order valence-corrected chi connectivity index (χ1v) is 6.96. The van der Waals surface area contributed by atoms with Crippen LogP contribution < -0.4 is 0 Å². The SMILES string of the molecule is O=C(O[C@H]1CCC2(CCCO2)C1)ON1C(=O)CCC1=O. The Kier molecular flexibility index (Phi) is 3.37. The minimum Gasteiger partial charge on any atom is -0.429 e. The molecule has 0 aromatic rings. The first-order valence-electron chi connectivity index (χ1n) is 6.96. The van der Waals surface area contributed by atoms with Crippen LogP contribution in [-0.4, -0.2) is 41.3 Å². The van der Waals surface area contributed by atoms with Gasteiger partial charge in [-0.25, -0.2) is 4.79 Å². The Hall–Kier alpha value is -1.63. The molecule has 2 heterocycles. The summed E-state index contributed by atoms with van der Waals surface area (Å²) in [6.45, 7) is 0.758. The molecule has 3 fully saturated rings. The summed E-state index contributed by atoms with van der Waals surface area (Å²) >= 11 is 0. The molecule has 0 bridgehead atoms. The molecular formula is C13H17NO6. The average Bonchev–Trinajstić information content (AvgIpc) is 3.10. The third-order valence-electron chi connectivity index (χ3n) is 4.14. The van der Waals surface area contributed by atoms with Crippen molar-refractivity contribution in [2.24, 2.45) is 0 Å². The quantitative estimate of drug-likeness (QED) is 0.561. The third-order valence-corrected chi connectivity index (χ3v) is 4.14. The Bertz CT molecular complexity index is 426. The normalized spacial score (nSPS) is 33.2. The van der Waals surface area contributed by atoms with E-state index in [2.05, 4.69) is 4.84 Å². The van der Waals surface area contributed by atoms with Gasteiger partial charge in [-0.2, -0.15) is 0 Å². The first kappa shape index (κ1) is 13.4. The second kappa shape index (κ2) is 5.05. The number of amides is 2. The van der Waals surface area contributed by atoms with Crippen molar-refractivity contribution in [2.75, 3.05) is 6.61 Å². The second-order valence-electron chi connectivity index (χ2n) is 5.54. The van der Waals surface area contributed by atoms with Crippen molar-refractivity contribution >= 4 is 18.0 Å². The van der Waals surface area contributed by atoms with E-state index in [0.717, 1.165) is 32.3 Å². The fourth-order valence-electron chi connectivity index (χ4n) is 3.15. The van der Waals surface area contributed by atoms with Gasteiger partial charge in [0, 0.05) is 25.9 Å². The number of carbonyl (C=O) groups is 3. The number of hydrogen-bond donors (Lipinski definition) is 0. The van der Waals surface area contributed by atoms with E-state index in [1.54, 1.807) is 0 Å². The van der Waals surface area contributed by atoms with Crippen LogP contribution in [0.2, 0.25) is 0 Å². The zero-order valence-electron chi connectivity index (χ0n) is 11.1. The predicted octanol–water partition coefficient (Wildman–Crippen LogP) is 1.31. The standard InChI is InChI=1S/C13H17NO6/c15-10-2-3-11(16)14(10)20-12(17)19-9-4-6-13(8-9)5-1-7-18-13/h9H,1-8H2/t9-,13?/m0/s1. The van der Waals surface area contributed by atoms with Gasteiger partial charge < -0.3 is 9.47 Å².